The molecule has 7 heteroatoms. The van der Waals surface area contributed by atoms with E-state index in [9.17, 15) is 9.18 Å². The van der Waals surface area contributed by atoms with Gasteiger partial charge in [-0.2, -0.15) is 9.78 Å². The number of aromatic nitrogens is 3. The Kier molecular flexibility index (Phi) is 5.73. The summed E-state index contributed by atoms with van der Waals surface area (Å²) < 4.78 is 20.0. The standard InChI is InChI=1S/C21H23FN4O2/c1-21(2,3)17-14-19(26(25-17)18-6-4-5-12-23-18)24-20(27)11-13-28-16-9-7-15(22)8-10-16/h4-10,12,14H,11,13H2,1-3H3,(H,24,27). The van der Waals surface area contributed by atoms with Crippen LogP contribution in [0.3, 0.4) is 0 Å². The summed E-state index contributed by atoms with van der Waals surface area (Å²) in [5, 5.41) is 7.49. The van der Waals surface area contributed by atoms with Crippen molar-refractivity contribution in [2.45, 2.75) is 32.6 Å². The van der Waals surface area contributed by atoms with Crippen molar-refractivity contribution < 1.29 is 13.9 Å². The molecule has 3 aromatic rings. The predicted molar refractivity (Wildman–Crippen MR) is 105 cm³/mol. The third-order valence-corrected chi connectivity index (χ3v) is 4.02. The Morgan fingerprint density at radius 1 is 1.18 bits per heavy atom. The largest absolute Gasteiger partial charge is 0.493 e. The SMILES string of the molecule is CC(C)(C)c1cc(NC(=O)CCOc2ccc(F)cc2)n(-c2ccccn2)n1. The van der Waals surface area contributed by atoms with Crippen LogP contribution in [-0.4, -0.2) is 27.3 Å². The number of pyridine rings is 1. The van der Waals surface area contributed by atoms with E-state index in [-0.39, 0.29) is 30.2 Å². The molecule has 0 saturated carbocycles. The maximum atomic E-state index is 12.9. The summed E-state index contributed by atoms with van der Waals surface area (Å²) in [6, 6.07) is 13.0. The molecule has 0 aliphatic rings. The molecular formula is C21H23FN4O2. The number of benzene rings is 1. The van der Waals surface area contributed by atoms with Crippen LogP contribution in [0.15, 0.2) is 54.7 Å². The molecule has 0 atom stereocenters. The number of carbonyl (C=O) groups excluding carboxylic acids is 1. The second kappa shape index (κ2) is 8.21. The molecule has 3 rings (SSSR count). The first-order chi connectivity index (χ1) is 13.3. The zero-order chi connectivity index (χ0) is 20.1. The molecule has 6 nitrogen and oxygen atoms in total. The van der Waals surface area contributed by atoms with Crippen LogP contribution in [0.4, 0.5) is 10.2 Å². The molecule has 0 unspecified atom stereocenters. The highest BCUT2D eigenvalue weighted by atomic mass is 19.1. The Hall–Kier alpha value is -3.22. The zero-order valence-corrected chi connectivity index (χ0v) is 16.1. The van der Waals surface area contributed by atoms with E-state index in [4.69, 9.17) is 4.74 Å². The fraction of sp³-hybridized carbons (Fsp3) is 0.286. The van der Waals surface area contributed by atoms with Crippen LogP contribution in [0.5, 0.6) is 5.75 Å². The summed E-state index contributed by atoms with van der Waals surface area (Å²) in [5.41, 5.74) is 0.668. The van der Waals surface area contributed by atoms with Gasteiger partial charge in [0.15, 0.2) is 5.82 Å². The first-order valence-electron chi connectivity index (χ1n) is 9.03. The van der Waals surface area contributed by atoms with E-state index in [0.717, 1.165) is 5.69 Å². The molecule has 0 fully saturated rings. The highest BCUT2D eigenvalue weighted by Crippen LogP contribution is 2.25. The van der Waals surface area contributed by atoms with Gasteiger partial charge in [-0.25, -0.2) is 9.37 Å². The number of ether oxygens (including phenoxy) is 1. The second-order valence-electron chi connectivity index (χ2n) is 7.37. The molecule has 0 aliphatic carbocycles. The fourth-order valence-electron chi connectivity index (χ4n) is 2.49. The molecule has 0 aliphatic heterocycles. The number of hydrogen-bond donors (Lipinski definition) is 1. The van der Waals surface area contributed by atoms with Crippen molar-refractivity contribution in [3.63, 3.8) is 0 Å². The van der Waals surface area contributed by atoms with Gasteiger partial charge in [-0.15, -0.1) is 0 Å². The molecule has 1 aromatic carbocycles. The number of carbonyl (C=O) groups is 1. The van der Waals surface area contributed by atoms with Crippen LogP contribution in [-0.2, 0) is 10.2 Å². The van der Waals surface area contributed by atoms with E-state index >= 15 is 0 Å². The second-order valence-corrected chi connectivity index (χ2v) is 7.37. The summed E-state index contributed by atoms with van der Waals surface area (Å²) in [7, 11) is 0. The van der Waals surface area contributed by atoms with E-state index in [1.807, 2.05) is 24.3 Å². The number of nitrogens with zero attached hydrogens (tertiary/aromatic N) is 3. The minimum atomic E-state index is -0.331. The Morgan fingerprint density at radius 2 is 1.93 bits per heavy atom. The first kappa shape index (κ1) is 19.5. The number of anilines is 1. The number of hydrogen-bond acceptors (Lipinski definition) is 4. The van der Waals surface area contributed by atoms with Gasteiger partial charge in [0.25, 0.3) is 0 Å². The van der Waals surface area contributed by atoms with Gasteiger partial charge < -0.3 is 10.1 Å². The zero-order valence-electron chi connectivity index (χ0n) is 16.1. The van der Waals surface area contributed by atoms with Gasteiger partial charge >= 0.3 is 0 Å². The number of amides is 1. The molecule has 146 valence electrons. The van der Waals surface area contributed by atoms with Crippen LogP contribution < -0.4 is 10.1 Å². The normalized spacial score (nSPS) is 11.3. The average molecular weight is 382 g/mol. The third-order valence-electron chi connectivity index (χ3n) is 4.02. The molecule has 0 bridgehead atoms. The van der Waals surface area contributed by atoms with Crippen molar-refractivity contribution in [3.8, 4) is 11.6 Å². The molecular weight excluding hydrogens is 359 g/mol. The van der Waals surface area contributed by atoms with Gasteiger partial charge in [-0.1, -0.05) is 26.8 Å². The average Bonchev–Trinajstić information content (AvgIpc) is 3.08. The van der Waals surface area contributed by atoms with Crippen molar-refractivity contribution in [1.29, 1.82) is 0 Å². The lowest BCUT2D eigenvalue weighted by atomic mass is 9.92. The summed E-state index contributed by atoms with van der Waals surface area (Å²) in [6.07, 6.45) is 1.82. The molecule has 1 amide bonds. The summed E-state index contributed by atoms with van der Waals surface area (Å²) in [4.78, 5) is 16.7. The van der Waals surface area contributed by atoms with Gasteiger partial charge in [0, 0.05) is 17.7 Å². The maximum absolute atomic E-state index is 12.9. The topological polar surface area (TPSA) is 69.0 Å². The summed E-state index contributed by atoms with van der Waals surface area (Å²) in [5.74, 6) is 1.15. The van der Waals surface area contributed by atoms with E-state index < -0.39 is 0 Å². The molecule has 2 aromatic heterocycles. The Labute approximate surface area is 163 Å². The van der Waals surface area contributed by atoms with Crippen LogP contribution in [0.1, 0.15) is 32.9 Å². The molecule has 2 heterocycles. The molecule has 0 saturated heterocycles. The quantitative estimate of drug-likeness (QED) is 0.697. The van der Waals surface area contributed by atoms with Crippen LogP contribution in [0, 0.1) is 5.82 Å². The molecule has 1 N–H and O–H groups in total. The van der Waals surface area contributed by atoms with Crippen molar-refractivity contribution in [1.82, 2.24) is 14.8 Å². The lowest BCUT2D eigenvalue weighted by Crippen LogP contribution is -2.17. The Bertz CT molecular complexity index is 931. The van der Waals surface area contributed by atoms with E-state index in [2.05, 4.69) is 36.2 Å². The number of halogens is 1. The summed E-state index contributed by atoms with van der Waals surface area (Å²) in [6.45, 7) is 6.35. The lowest BCUT2D eigenvalue weighted by Gasteiger charge is -2.13. The van der Waals surface area contributed by atoms with Gasteiger partial charge in [-0.3, -0.25) is 4.79 Å². The molecule has 28 heavy (non-hydrogen) atoms. The Morgan fingerprint density at radius 3 is 2.57 bits per heavy atom. The number of nitrogens with one attached hydrogen (secondary N) is 1. The van der Waals surface area contributed by atoms with E-state index in [1.165, 1.54) is 24.3 Å². The van der Waals surface area contributed by atoms with Crippen molar-refractivity contribution in [3.05, 3.63) is 66.2 Å². The van der Waals surface area contributed by atoms with Crippen LogP contribution >= 0.6 is 0 Å². The highest BCUT2D eigenvalue weighted by Gasteiger charge is 2.21. The maximum Gasteiger partial charge on any atom is 0.228 e. The molecule has 0 radical (unpaired) electrons. The highest BCUT2D eigenvalue weighted by molar-refractivity contribution is 5.90. The summed E-state index contributed by atoms with van der Waals surface area (Å²) >= 11 is 0. The predicted octanol–water partition coefficient (Wildman–Crippen LogP) is 4.11. The fourth-order valence-corrected chi connectivity index (χ4v) is 2.49. The van der Waals surface area contributed by atoms with Crippen molar-refractivity contribution in [2.75, 3.05) is 11.9 Å². The van der Waals surface area contributed by atoms with E-state index in [0.29, 0.717) is 17.4 Å². The monoisotopic (exact) mass is 382 g/mol. The number of rotatable bonds is 6. The van der Waals surface area contributed by atoms with Crippen LogP contribution in [0.2, 0.25) is 0 Å². The van der Waals surface area contributed by atoms with Gasteiger partial charge in [0.2, 0.25) is 5.91 Å². The van der Waals surface area contributed by atoms with Crippen molar-refractivity contribution in [2.24, 2.45) is 0 Å². The van der Waals surface area contributed by atoms with Crippen LogP contribution in [0.25, 0.3) is 5.82 Å². The lowest BCUT2D eigenvalue weighted by molar-refractivity contribution is -0.116. The van der Waals surface area contributed by atoms with Gasteiger partial charge in [-0.05, 0) is 36.4 Å². The van der Waals surface area contributed by atoms with Gasteiger partial charge in [0.05, 0.1) is 18.7 Å². The van der Waals surface area contributed by atoms with E-state index in [1.54, 1.807) is 10.9 Å². The van der Waals surface area contributed by atoms with Gasteiger partial charge in [0.1, 0.15) is 17.4 Å². The first-order valence-corrected chi connectivity index (χ1v) is 9.03. The minimum absolute atomic E-state index is 0.148. The van der Waals surface area contributed by atoms with Crippen molar-refractivity contribution >= 4 is 11.7 Å². The smallest absolute Gasteiger partial charge is 0.228 e. The Balaban J connectivity index is 1.69. The molecule has 0 spiro atoms. The third kappa shape index (κ3) is 4.94. The minimum Gasteiger partial charge on any atom is -0.493 e.